The summed E-state index contributed by atoms with van der Waals surface area (Å²) in [5.41, 5.74) is 5.69. The second-order valence-corrected chi connectivity index (χ2v) is 4.07. The SMILES string of the molecule is CCC(CSC)n1c(N)n[nH]c1=S. The first-order chi connectivity index (χ1) is 6.20. The fraction of sp³-hybridized carbons (Fsp3) is 0.714. The number of H-pyrrole nitrogens is 1. The molecule has 0 radical (unpaired) electrons. The summed E-state index contributed by atoms with van der Waals surface area (Å²) >= 11 is 6.87. The van der Waals surface area contributed by atoms with Crippen molar-refractivity contribution >= 4 is 29.9 Å². The van der Waals surface area contributed by atoms with E-state index in [0.717, 1.165) is 12.2 Å². The van der Waals surface area contributed by atoms with Crippen molar-refractivity contribution in [1.29, 1.82) is 0 Å². The molecule has 1 rings (SSSR count). The Hall–Kier alpha value is -0.490. The lowest BCUT2D eigenvalue weighted by molar-refractivity contribution is 0.539. The Kier molecular flexibility index (Phi) is 3.80. The maximum Gasteiger partial charge on any atom is 0.220 e. The Labute approximate surface area is 86.9 Å². The molecule has 6 heteroatoms. The third kappa shape index (κ3) is 2.25. The van der Waals surface area contributed by atoms with Gasteiger partial charge in [0.25, 0.3) is 0 Å². The van der Waals surface area contributed by atoms with Gasteiger partial charge in [-0.1, -0.05) is 6.92 Å². The minimum atomic E-state index is 0.348. The van der Waals surface area contributed by atoms with Crippen LogP contribution < -0.4 is 5.73 Å². The summed E-state index contributed by atoms with van der Waals surface area (Å²) < 4.78 is 2.49. The van der Waals surface area contributed by atoms with Crippen LogP contribution in [0.1, 0.15) is 19.4 Å². The Balaban J connectivity index is 2.96. The van der Waals surface area contributed by atoms with E-state index in [9.17, 15) is 0 Å². The molecule has 1 unspecified atom stereocenters. The molecular weight excluding hydrogens is 204 g/mol. The second-order valence-electron chi connectivity index (χ2n) is 2.77. The lowest BCUT2D eigenvalue weighted by Crippen LogP contribution is -2.13. The summed E-state index contributed by atoms with van der Waals surface area (Å²) in [5.74, 6) is 1.49. The molecular formula is C7H14N4S2. The zero-order valence-corrected chi connectivity index (χ0v) is 9.41. The van der Waals surface area contributed by atoms with Crippen molar-refractivity contribution in [3.8, 4) is 0 Å². The summed E-state index contributed by atoms with van der Waals surface area (Å²) in [6.45, 7) is 2.12. The molecule has 0 saturated carbocycles. The summed E-state index contributed by atoms with van der Waals surface area (Å²) in [5, 5.41) is 6.57. The maximum atomic E-state index is 5.69. The molecule has 1 atom stereocenters. The molecule has 0 aliphatic rings. The number of nitrogens with one attached hydrogen (secondary N) is 1. The van der Waals surface area contributed by atoms with Crippen LogP contribution in [0.2, 0.25) is 0 Å². The Morgan fingerprint density at radius 2 is 2.46 bits per heavy atom. The standard InChI is InChI=1S/C7H14N4S2/c1-3-5(4-13-2)11-6(8)9-10-7(11)12/h5H,3-4H2,1-2H3,(H2,8,9)(H,10,12). The van der Waals surface area contributed by atoms with Gasteiger partial charge < -0.3 is 5.73 Å². The van der Waals surface area contributed by atoms with E-state index < -0.39 is 0 Å². The molecule has 4 nitrogen and oxygen atoms in total. The summed E-state index contributed by atoms with van der Waals surface area (Å²) in [6, 6.07) is 0.348. The van der Waals surface area contributed by atoms with E-state index in [4.69, 9.17) is 18.0 Å². The van der Waals surface area contributed by atoms with Gasteiger partial charge in [0.15, 0.2) is 4.77 Å². The molecule has 13 heavy (non-hydrogen) atoms. The summed E-state index contributed by atoms with van der Waals surface area (Å²) in [4.78, 5) is 0. The average molecular weight is 218 g/mol. The summed E-state index contributed by atoms with van der Waals surface area (Å²) in [6.07, 6.45) is 3.08. The molecule has 1 aromatic heterocycles. The molecule has 1 aromatic rings. The third-order valence-corrected chi connectivity index (χ3v) is 2.93. The highest BCUT2D eigenvalue weighted by molar-refractivity contribution is 7.98. The number of aromatic nitrogens is 3. The van der Waals surface area contributed by atoms with Gasteiger partial charge in [-0.25, -0.2) is 5.10 Å². The van der Waals surface area contributed by atoms with E-state index >= 15 is 0 Å². The van der Waals surface area contributed by atoms with Gasteiger partial charge in [0, 0.05) is 11.8 Å². The number of hydrogen-bond acceptors (Lipinski definition) is 4. The first-order valence-corrected chi connectivity index (χ1v) is 5.92. The number of nitrogens with zero attached hydrogens (tertiary/aromatic N) is 2. The van der Waals surface area contributed by atoms with Crippen LogP contribution in [0, 0.1) is 4.77 Å². The van der Waals surface area contributed by atoms with Crippen molar-refractivity contribution in [2.75, 3.05) is 17.7 Å². The molecule has 3 N–H and O–H groups in total. The van der Waals surface area contributed by atoms with Crippen LogP contribution in [-0.2, 0) is 0 Å². The first-order valence-electron chi connectivity index (χ1n) is 4.12. The molecule has 1 heterocycles. The van der Waals surface area contributed by atoms with Crippen LogP contribution >= 0.6 is 24.0 Å². The highest BCUT2D eigenvalue weighted by atomic mass is 32.2. The molecule has 74 valence electrons. The third-order valence-electron chi connectivity index (χ3n) is 1.93. The van der Waals surface area contributed by atoms with Crippen molar-refractivity contribution < 1.29 is 0 Å². The van der Waals surface area contributed by atoms with E-state index in [0.29, 0.717) is 16.8 Å². The lowest BCUT2D eigenvalue weighted by Gasteiger charge is -2.15. The molecule has 0 aliphatic carbocycles. The Morgan fingerprint density at radius 3 is 2.85 bits per heavy atom. The monoisotopic (exact) mass is 218 g/mol. The number of hydrogen-bond donors (Lipinski definition) is 2. The molecule has 0 spiro atoms. The van der Waals surface area contributed by atoms with Gasteiger partial charge in [0.05, 0.1) is 0 Å². The predicted octanol–water partition coefficient (Wildman–Crippen LogP) is 1.84. The van der Waals surface area contributed by atoms with Gasteiger partial charge in [0.1, 0.15) is 0 Å². The highest BCUT2D eigenvalue weighted by Gasteiger charge is 2.12. The Morgan fingerprint density at radius 1 is 1.77 bits per heavy atom. The molecule has 0 aliphatic heterocycles. The largest absolute Gasteiger partial charge is 0.368 e. The number of thioether (sulfide) groups is 1. The molecule has 0 fully saturated rings. The lowest BCUT2D eigenvalue weighted by atomic mass is 10.2. The smallest absolute Gasteiger partial charge is 0.220 e. The minimum Gasteiger partial charge on any atom is -0.368 e. The molecule has 0 amide bonds. The van der Waals surface area contributed by atoms with E-state index in [1.807, 2.05) is 4.57 Å². The van der Waals surface area contributed by atoms with Crippen molar-refractivity contribution in [1.82, 2.24) is 14.8 Å². The molecule has 0 aromatic carbocycles. The van der Waals surface area contributed by atoms with Crippen LogP contribution in [-0.4, -0.2) is 26.8 Å². The van der Waals surface area contributed by atoms with Crippen molar-refractivity contribution in [3.05, 3.63) is 4.77 Å². The Bertz CT molecular complexity index is 317. The fourth-order valence-corrected chi connectivity index (χ4v) is 2.29. The van der Waals surface area contributed by atoms with Crippen LogP contribution in [0.15, 0.2) is 0 Å². The van der Waals surface area contributed by atoms with Crippen LogP contribution in [0.5, 0.6) is 0 Å². The topological polar surface area (TPSA) is 59.6 Å². The number of nitrogens with two attached hydrogens (primary N) is 1. The average Bonchev–Trinajstić information content (AvgIpc) is 2.43. The van der Waals surface area contributed by atoms with Gasteiger partial charge in [0.2, 0.25) is 5.95 Å². The molecule has 0 saturated heterocycles. The van der Waals surface area contributed by atoms with Gasteiger partial charge in [-0.05, 0) is 24.9 Å². The van der Waals surface area contributed by atoms with E-state index in [-0.39, 0.29) is 0 Å². The number of nitrogen functional groups attached to an aromatic ring is 1. The van der Waals surface area contributed by atoms with Crippen LogP contribution in [0.4, 0.5) is 5.95 Å². The molecule has 0 bridgehead atoms. The zero-order chi connectivity index (χ0) is 9.84. The van der Waals surface area contributed by atoms with Crippen LogP contribution in [0.3, 0.4) is 0 Å². The van der Waals surface area contributed by atoms with E-state index in [1.54, 1.807) is 11.8 Å². The predicted molar refractivity (Wildman–Crippen MR) is 59.5 cm³/mol. The normalized spacial score (nSPS) is 13.1. The van der Waals surface area contributed by atoms with Crippen molar-refractivity contribution in [2.45, 2.75) is 19.4 Å². The van der Waals surface area contributed by atoms with Crippen molar-refractivity contribution in [2.24, 2.45) is 0 Å². The quantitative estimate of drug-likeness (QED) is 0.757. The zero-order valence-electron chi connectivity index (χ0n) is 7.78. The minimum absolute atomic E-state index is 0.348. The van der Waals surface area contributed by atoms with Gasteiger partial charge in [-0.15, -0.1) is 5.10 Å². The van der Waals surface area contributed by atoms with Crippen LogP contribution in [0.25, 0.3) is 0 Å². The summed E-state index contributed by atoms with van der Waals surface area (Å²) in [7, 11) is 0. The number of rotatable bonds is 4. The van der Waals surface area contributed by atoms with Gasteiger partial charge in [-0.3, -0.25) is 4.57 Å². The van der Waals surface area contributed by atoms with Crippen molar-refractivity contribution in [3.63, 3.8) is 0 Å². The van der Waals surface area contributed by atoms with Gasteiger partial charge in [-0.2, -0.15) is 11.8 Å². The fourth-order valence-electron chi connectivity index (χ4n) is 1.24. The first kappa shape index (κ1) is 10.6. The number of aromatic amines is 1. The number of anilines is 1. The maximum absolute atomic E-state index is 5.69. The van der Waals surface area contributed by atoms with E-state index in [2.05, 4.69) is 23.4 Å². The van der Waals surface area contributed by atoms with E-state index in [1.165, 1.54) is 0 Å². The van der Waals surface area contributed by atoms with Gasteiger partial charge >= 0.3 is 0 Å². The highest BCUT2D eigenvalue weighted by Crippen LogP contribution is 2.19. The second kappa shape index (κ2) is 4.66.